The lowest BCUT2D eigenvalue weighted by atomic mass is 10.3. The summed E-state index contributed by atoms with van der Waals surface area (Å²) in [6.07, 6.45) is -3.85. The lowest BCUT2D eigenvalue weighted by Gasteiger charge is -2.16. The minimum atomic E-state index is -2.05. The first-order chi connectivity index (χ1) is 12.5. The number of para-hydroxylation sites is 2. The molecule has 0 atom stereocenters. The van der Waals surface area contributed by atoms with E-state index in [1.165, 1.54) is 6.92 Å². The fourth-order valence-corrected chi connectivity index (χ4v) is 1.92. The lowest BCUT2D eigenvalue weighted by Crippen LogP contribution is -2.37. The molecule has 0 radical (unpaired) electrons. The molecule has 0 bridgehead atoms. The van der Waals surface area contributed by atoms with Crippen molar-refractivity contribution in [1.29, 1.82) is 0 Å². The van der Waals surface area contributed by atoms with Crippen LogP contribution in [0.1, 0.15) is 6.92 Å². The number of carbonyl (C=O) groups is 2. The van der Waals surface area contributed by atoms with Gasteiger partial charge in [0.05, 0.1) is 5.70 Å². The van der Waals surface area contributed by atoms with Gasteiger partial charge in [0, 0.05) is 5.70 Å². The third-order valence-corrected chi connectivity index (χ3v) is 3.10. The summed E-state index contributed by atoms with van der Waals surface area (Å²) in [6.45, 7) is 1.36. The quantitative estimate of drug-likeness (QED) is 0.608. The first-order valence-electron chi connectivity index (χ1n) is 7.60. The number of amides is 2. The number of hydrogen-bond acceptors (Lipinski definition) is 6. The number of allylic oxidation sites excluding steroid dienone is 1. The first-order valence-corrected chi connectivity index (χ1v) is 7.60. The topological polar surface area (TPSA) is 117 Å². The molecule has 0 unspecified atom stereocenters. The second-order valence-corrected chi connectivity index (χ2v) is 5.07. The first kappa shape index (κ1) is 19.0. The highest BCUT2D eigenvalue weighted by atomic mass is 16.6. The molecule has 2 aromatic rings. The van der Waals surface area contributed by atoms with Crippen molar-refractivity contribution in [3.05, 3.63) is 72.1 Å². The van der Waals surface area contributed by atoms with Gasteiger partial charge in [-0.15, -0.1) is 0 Å². The van der Waals surface area contributed by atoms with Crippen molar-refractivity contribution in [2.75, 3.05) is 0 Å². The largest absolute Gasteiger partial charge is 0.417 e. The van der Waals surface area contributed by atoms with Crippen LogP contribution in [-0.2, 0) is 0 Å². The Bertz CT molecular complexity index is 775. The second-order valence-electron chi connectivity index (χ2n) is 5.07. The molecular weight excluding hydrogens is 340 g/mol. The molecule has 26 heavy (non-hydrogen) atoms. The van der Waals surface area contributed by atoms with Crippen molar-refractivity contribution in [1.82, 2.24) is 10.6 Å². The zero-order chi connectivity index (χ0) is 18.9. The van der Waals surface area contributed by atoms with Crippen LogP contribution in [0, 0.1) is 0 Å². The maximum atomic E-state index is 11.9. The molecule has 136 valence electrons. The van der Waals surface area contributed by atoms with E-state index in [4.69, 9.17) is 9.47 Å². The normalized spacial score (nSPS) is 11.4. The number of rotatable bonds is 5. The Hall–Kier alpha value is -3.36. The highest BCUT2D eigenvalue weighted by Crippen LogP contribution is 2.11. The molecule has 0 saturated carbocycles. The summed E-state index contributed by atoms with van der Waals surface area (Å²) < 4.78 is 10.0. The van der Waals surface area contributed by atoms with E-state index in [-0.39, 0.29) is 17.1 Å². The third kappa shape index (κ3) is 5.93. The molecule has 2 aromatic carbocycles. The summed E-state index contributed by atoms with van der Waals surface area (Å²) in [4.78, 5) is 23.7. The molecule has 2 rings (SSSR count). The lowest BCUT2D eigenvalue weighted by molar-refractivity contribution is -0.0135. The number of hydrogen-bond donors (Lipinski definition) is 4. The monoisotopic (exact) mass is 358 g/mol. The molecule has 0 aromatic heterocycles. The van der Waals surface area contributed by atoms with Crippen molar-refractivity contribution >= 4 is 12.2 Å². The van der Waals surface area contributed by atoms with Crippen molar-refractivity contribution < 1.29 is 29.3 Å². The van der Waals surface area contributed by atoms with Gasteiger partial charge in [0.1, 0.15) is 11.5 Å². The number of nitrogens with one attached hydrogen (secondary N) is 2. The molecule has 0 aliphatic heterocycles. The van der Waals surface area contributed by atoms with Crippen LogP contribution in [0.5, 0.6) is 11.5 Å². The van der Waals surface area contributed by atoms with E-state index in [2.05, 4.69) is 10.6 Å². The molecule has 0 aliphatic rings. The summed E-state index contributed by atoms with van der Waals surface area (Å²) in [7, 11) is 0. The van der Waals surface area contributed by atoms with Crippen molar-refractivity contribution in [2.45, 2.75) is 13.2 Å². The minimum Gasteiger partial charge on any atom is -0.410 e. The summed E-state index contributed by atoms with van der Waals surface area (Å²) in [5.74, 6) is 0.575. The molecule has 0 spiro atoms. The second kappa shape index (κ2) is 9.21. The maximum Gasteiger partial charge on any atom is 0.417 e. The zero-order valence-electron chi connectivity index (χ0n) is 13.9. The van der Waals surface area contributed by atoms with E-state index < -0.39 is 18.5 Å². The van der Waals surface area contributed by atoms with Gasteiger partial charge in [0.25, 0.3) is 0 Å². The highest BCUT2D eigenvalue weighted by molar-refractivity contribution is 5.75. The zero-order valence-corrected chi connectivity index (χ0v) is 13.9. The van der Waals surface area contributed by atoms with Crippen LogP contribution >= 0.6 is 0 Å². The summed E-state index contributed by atoms with van der Waals surface area (Å²) in [5, 5.41) is 23.4. The van der Waals surface area contributed by atoms with Gasteiger partial charge in [0.2, 0.25) is 0 Å². The van der Waals surface area contributed by atoms with Gasteiger partial charge >= 0.3 is 12.2 Å². The van der Waals surface area contributed by atoms with Crippen LogP contribution in [0.3, 0.4) is 0 Å². The maximum absolute atomic E-state index is 11.9. The summed E-state index contributed by atoms with van der Waals surface area (Å²) >= 11 is 0. The average Bonchev–Trinajstić information content (AvgIpc) is 2.61. The predicted molar refractivity (Wildman–Crippen MR) is 92.1 cm³/mol. The van der Waals surface area contributed by atoms with Crippen LogP contribution in [0.4, 0.5) is 9.59 Å². The van der Waals surface area contributed by atoms with Gasteiger partial charge in [-0.05, 0) is 31.2 Å². The minimum absolute atomic E-state index is 0.0223. The highest BCUT2D eigenvalue weighted by Gasteiger charge is 2.18. The van der Waals surface area contributed by atoms with Crippen molar-refractivity contribution in [3.8, 4) is 11.5 Å². The standard InChI is InChI=1S/C18H18N2O6/c1-12(19-17(23)25-13-8-4-2-5-9-13)15(16(21)22)20-18(24)26-14-10-6-3-7-11-14/h2-11,16,21-22H,1H3,(H,19,23)(H,20,24)/b15-12+. The Morgan fingerprint density at radius 2 is 1.23 bits per heavy atom. The van der Waals surface area contributed by atoms with E-state index in [9.17, 15) is 19.8 Å². The smallest absolute Gasteiger partial charge is 0.410 e. The van der Waals surface area contributed by atoms with Gasteiger partial charge in [-0.2, -0.15) is 0 Å². The van der Waals surface area contributed by atoms with Crippen LogP contribution in [-0.4, -0.2) is 28.7 Å². The Morgan fingerprint density at radius 1 is 0.808 bits per heavy atom. The van der Waals surface area contributed by atoms with E-state index in [0.29, 0.717) is 5.75 Å². The molecule has 8 nitrogen and oxygen atoms in total. The Kier molecular flexibility index (Phi) is 6.72. The van der Waals surface area contributed by atoms with E-state index in [1.54, 1.807) is 60.7 Å². The van der Waals surface area contributed by atoms with E-state index >= 15 is 0 Å². The molecule has 0 heterocycles. The molecule has 0 saturated heterocycles. The molecule has 0 fully saturated rings. The predicted octanol–water partition coefficient (Wildman–Crippen LogP) is 2.11. The molecule has 8 heteroatoms. The van der Waals surface area contributed by atoms with Gasteiger partial charge in [-0.1, -0.05) is 36.4 Å². The van der Waals surface area contributed by atoms with Crippen LogP contribution in [0.2, 0.25) is 0 Å². The number of ether oxygens (including phenoxy) is 2. The number of aliphatic hydroxyl groups is 2. The fourth-order valence-electron chi connectivity index (χ4n) is 1.92. The van der Waals surface area contributed by atoms with Crippen molar-refractivity contribution in [3.63, 3.8) is 0 Å². The van der Waals surface area contributed by atoms with Crippen LogP contribution in [0.25, 0.3) is 0 Å². The number of benzene rings is 2. The molecule has 2 amide bonds. The molecule has 4 N–H and O–H groups in total. The summed E-state index contributed by atoms with van der Waals surface area (Å²) in [5.41, 5.74) is -0.373. The summed E-state index contributed by atoms with van der Waals surface area (Å²) in [6, 6.07) is 16.5. The number of aliphatic hydroxyl groups excluding tert-OH is 1. The van der Waals surface area contributed by atoms with E-state index in [0.717, 1.165) is 0 Å². The van der Waals surface area contributed by atoms with Crippen LogP contribution in [0.15, 0.2) is 72.1 Å². The van der Waals surface area contributed by atoms with Gasteiger partial charge in [-0.25, -0.2) is 9.59 Å². The Morgan fingerprint density at radius 3 is 1.65 bits per heavy atom. The SMILES string of the molecule is C/C(NC(=O)Oc1ccccc1)=C(\NC(=O)Oc1ccccc1)C(O)O. The van der Waals surface area contributed by atoms with Gasteiger partial charge in [0.15, 0.2) is 6.29 Å². The number of carbonyl (C=O) groups excluding carboxylic acids is 2. The Labute approximate surface area is 149 Å². The van der Waals surface area contributed by atoms with Gasteiger partial charge in [-0.3, -0.25) is 10.6 Å². The average molecular weight is 358 g/mol. The Balaban J connectivity index is 2.01. The van der Waals surface area contributed by atoms with Crippen molar-refractivity contribution in [2.24, 2.45) is 0 Å². The fraction of sp³-hybridized carbons (Fsp3) is 0.111. The van der Waals surface area contributed by atoms with Gasteiger partial charge < -0.3 is 19.7 Å². The van der Waals surface area contributed by atoms with Crippen LogP contribution < -0.4 is 20.1 Å². The third-order valence-electron chi connectivity index (χ3n) is 3.10. The van der Waals surface area contributed by atoms with E-state index in [1.807, 2.05) is 0 Å². The molecular formula is C18H18N2O6. The molecule has 0 aliphatic carbocycles.